The molecule has 0 spiro atoms. The van der Waals surface area contributed by atoms with Crippen molar-refractivity contribution in [2.45, 2.75) is 40.2 Å². The molecular formula is C21H28ClNO. The summed E-state index contributed by atoms with van der Waals surface area (Å²) in [5.74, 6) is 0.818. The van der Waals surface area contributed by atoms with Gasteiger partial charge in [0.2, 0.25) is 0 Å². The van der Waals surface area contributed by atoms with Gasteiger partial charge in [-0.25, -0.2) is 0 Å². The van der Waals surface area contributed by atoms with Crippen LogP contribution in [0.2, 0.25) is 5.02 Å². The number of ether oxygens (including phenoxy) is 1. The van der Waals surface area contributed by atoms with Crippen molar-refractivity contribution < 1.29 is 4.74 Å². The second-order valence-corrected chi connectivity index (χ2v) is 7.78. The van der Waals surface area contributed by atoms with E-state index < -0.39 is 0 Å². The maximum Gasteiger partial charge on any atom is 0.121 e. The fraction of sp³-hybridized carbons (Fsp3) is 0.429. The minimum Gasteiger partial charge on any atom is -0.489 e. The predicted octanol–water partition coefficient (Wildman–Crippen LogP) is 5.49. The highest BCUT2D eigenvalue weighted by Gasteiger charge is 2.08. The Kier molecular flexibility index (Phi) is 7.14. The lowest BCUT2D eigenvalue weighted by Gasteiger charge is -2.18. The molecule has 24 heavy (non-hydrogen) atoms. The molecular weight excluding hydrogens is 318 g/mol. The first kappa shape index (κ1) is 18.8. The highest BCUT2D eigenvalue weighted by molar-refractivity contribution is 6.31. The molecule has 0 unspecified atom stereocenters. The molecule has 0 fully saturated rings. The molecule has 0 aliphatic heterocycles. The fourth-order valence-corrected chi connectivity index (χ4v) is 2.69. The second-order valence-electron chi connectivity index (χ2n) is 7.37. The van der Waals surface area contributed by atoms with E-state index in [0.717, 1.165) is 42.3 Å². The van der Waals surface area contributed by atoms with Crippen LogP contribution in [0.3, 0.4) is 0 Å². The smallest absolute Gasteiger partial charge is 0.121 e. The van der Waals surface area contributed by atoms with Gasteiger partial charge >= 0.3 is 0 Å². The molecule has 2 aromatic rings. The summed E-state index contributed by atoms with van der Waals surface area (Å²) in [7, 11) is 0. The van der Waals surface area contributed by atoms with E-state index in [4.69, 9.17) is 16.3 Å². The third kappa shape index (κ3) is 6.94. The summed E-state index contributed by atoms with van der Waals surface area (Å²) < 4.78 is 5.81. The normalized spacial score (nSPS) is 11.5. The Balaban J connectivity index is 1.77. The van der Waals surface area contributed by atoms with E-state index in [-0.39, 0.29) is 0 Å². The molecule has 2 aromatic carbocycles. The Bertz CT molecular complexity index is 619. The second kappa shape index (κ2) is 9.10. The van der Waals surface area contributed by atoms with Crippen LogP contribution >= 0.6 is 11.6 Å². The Hall–Kier alpha value is -1.51. The maximum atomic E-state index is 6.40. The van der Waals surface area contributed by atoms with Crippen molar-refractivity contribution >= 4 is 11.6 Å². The zero-order chi connectivity index (χ0) is 17.4. The standard InChI is InChI=1S/C21H28ClNO/c1-21(2,3)16-23-13-7-10-18-11-12-19(14-20(18)22)24-15-17-8-5-4-6-9-17/h4-6,8-9,11-12,14,23H,7,10,13,15-16H2,1-3H3. The van der Waals surface area contributed by atoms with E-state index in [1.165, 1.54) is 5.56 Å². The van der Waals surface area contributed by atoms with Crippen molar-refractivity contribution in [1.29, 1.82) is 0 Å². The van der Waals surface area contributed by atoms with Crippen LogP contribution in [0.15, 0.2) is 48.5 Å². The maximum absolute atomic E-state index is 6.40. The van der Waals surface area contributed by atoms with Gasteiger partial charge in [0.1, 0.15) is 12.4 Å². The van der Waals surface area contributed by atoms with Crippen LogP contribution in [0.1, 0.15) is 38.3 Å². The largest absolute Gasteiger partial charge is 0.489 e. The molecule has 3 heteroatoms. The zero-order valence-corrected chi connectivity index (χ0v) is 15.7. The summed E-state index contributed by atoms with van der Waals surface area (Å²) in [6, 6.07) is 16.2. The van der Waals surface area contributed by atoms with E-state index in [2.05, 4.69) is 44.3 Å². The van der Waals surface area contributed by atoms with Crippen LogP contribution in [-0.4, -0.2) is 13.1 Å². The van der Waals surface area contributed by atoms with Gasteiger partial charge in [0.25, 0.3) is 0 Å². The van der Waals surface area contributed by atoms with Gasteiger partial charge in [-0.3, -0.25) is 0 Å². The van der Waals surface area contributed by atoms with Gasteiger partial charge in [0.05, 0.1) is 0 Å². The molecule has 0 aliphatic rings. The minimum atomic E-state index is 0.329. The van der Waals surface area contributed by atoms with Crippen LogP contribution in [0.4, 0.5) is 0 Å². The average molecular weight is 346 g/mol. The first-order valence-electron chi connectivity index (χ1n) is 8.60. The lowest BCUT2D eigenvalue weighted by atomic mass is 9.97. The number of aryl methyl sites for hydroxylation is 1. The highest BCUT2D eigenvalue weighted by Crippen LogP contribution is 2.24. The molecule has 0 atom stereocenters. The van der Waals surface area contributed by atoms with Crippen molar-refractivity contribution in [3.05, 3.63) is 64.7 Å². The molecule has 0 radical (unpaired) electrons. The van der Waals surface area contributed by atoms with E-state index in [1.807, 2.05) is 30.3 Å². The molecule has 0 saturated heterocycles. The summed E-state index contributed by atoms with van der Waals surface area (Å²) in [6.45, 7) is 9.33. The molecule has 2 nitrogen and oxygen atoms in total. The molecule has 0 bridgehead atoms. The van der Waals surface area contributed by atoms with Gasteiger partial charge in [-0.15, -0.1) is 0 Å². The lowest BCUT2D eigenvalue weighted by Crippen LogP contribution is -2.27. The van der Waals surface area contributed by atoms with Crippen molar-refractivity contribution in [3.8, 4) is 5.75 Å². The molecule has 0 saturated carbocycles. The number of halogens is 1. The van der Waals surface area contributed by atoms with Gasteiger partial charge in [-0.1, -0.05) is 68.8 Å². The van der Waals surface area contributed by atoms with Crippen LogP contribution < -0.4 is 10.1 Å². The van der Waals surface area contributed by atoms with Gasteiger partial charge < -0.3 is 10.1 Å². The Morgan fingerprint density at radius 1 is 1.04 bits per heavy atom. The summed E-state index contributed by atoms with van der Waals surface area (Å²) in [4.78, 5) is 0. The third-order valence-electron chi connectivity index (χ3n) is 3.73. The first-order valence-corrected chi connectivity index (χ1v) is 8.98. The van der Waals surface area contributed by atoms with Crippen LogP contribution in [0.25, 0.3) is 0 Å². The highest BCUT2D eigenvalue weighted by atomic mass is 35.5. The SMILES string of the molecule is CC(C)(C)CNCCCc1ccc(OCc2ccccc2)cc1Cl. The summed E-state index contributed by atoms with van der Waals surface area (Å²) in [6.07, 6.45) is 2.06. The summed E-state index contributed by atoms with van der Waals surface area (Å²) in [5, 5.41) is 4.29. The van der Waals surface area contributed by atoms with Gasteiger partial charge in [0, 0.05) is 5.02 Å². The average Bonchev–Trinajstić information content (AvgIpc) is 2.54. The quantitative estimate of drug-likeness (QED) is 0.639. The Morgan fingerprint density at radius 2 is 1.79 bits per heavy atom. The fourth-order valence-electron chi connectivity index (χ4n) is 2.43. The van der Waals surface area contributed by atoms with Crippen LogP contribution in [-0.2, 0) is 13.0 Å². The molecule has 2 rings (SSSR count). The number of benzene rings is 2. The lowest BCUT2D eigenvalue weighted by molar-refractivity contribution is 0.306. The van der Waals surface area contributed by atoms with E-state index in [1.54, 1.807) is 0 Å². The Morgan fingerprint density at radius 3 is 2.46 bits per heavy atom. The van der Waals surface area contributed by atoms with Crippen molar-refractivity contribution in [3.63, 3.8) is 0 Å². The number of hydrogen-bond donors (Lipinski definition) is 1. The Labute approximate surface area is 151 Å². The van der Waals surface area contributed by atoms with Crippen molar-refractivity contribution in [2.75, 3.05) is 13.1 Å². The van der Waals surface area contributed by atoms with Gasteiger partial charge in [0.15, 0.2) is 0 Å². The summed E-state index contributed by atoms with van der Waals surface area (Å²) >= 11 is 6.40. The topological polar surface area (TPSA) is 21.3 Å². The molecule has 0 aromatic heterocycles. The van der Waals surface area contributed by atoms with Gasteiger partial charge in [-0.05, 0) is 54.6 Å². The summed E-state index contributed by atoms with van der Waals surface area (Å²) in [5.41, 5.74) is 2.67. The molecule has 130 valence electrons. The molecule has 0 amide bonds. The third-order valence-corrected chi connectivity index (χ3v) is 4.08. The van der Waals surface area contributed by atoms with Gasteiger partial charge in [-0.2, -0.15) is 0 Å². The first-order chi connectivity index (χ1) is 11.4. The molecule has 1 N–H and O–H groups in total. The number of nitrogens with one attached hydrogen (secondary N) is 1. The van der Waals surface area contributed by atoms with E-state index in [9.17, 15) is 0 Å². The van der Waals surface area contributed by atoms with Crippen LogP contribution in [0.5, 0.6) is 5.75 Å². The zero-order valence-electron chi connectivity index (χ0n) is 14.9. The number of hydrogen-bond acceptors (Lipinski definition) is 2. The molecule has 0 aliphatic carbocycles. The van der Waals surface area contributed by atoms with E-state index in [0.29, 0.717) is 12.0 Å². The molecule has 0 heterocycles. The monoisotopic (exact) mass is 345 g/mol. The van der Waals surface area contributed by atoms with Crippen molar-refractivity contribution in [1.82, 2.24) is 5.32 Å². The van der Waals surface area contributed by atoms with Crippen molar-refractivity contribution in [2.24, 2.45) is 5.41 Å². The predicted molar refractivity (Wildman–Crippen MR) is 103 cm³/mol. The van der Waals surface area contributed by atoms with E-state index >= 15 is 0 Å². The number of rotatable bonds is 8. The minimum absolute atomic E-state index is 0.329. The van der Waals surface area contributed by atoms with Crippen LogP contribution in [0, 0.1) is 5.41 Å².